The highest BCUT2D eigenvalue weighted by atomic mass is 79.9. The van der Waals surface area contributed by atoms with Gasteiger partial charge in [-0.15, -0.1) is 11.8 Å². The van der Waals surface area contributed by atoms with Crippen molar-refractivity contribution in [1.29, 1.82) is 0 Å². The second-order valence-electron chi connectivity index (χ2n) is 4.62. The maximum atomic E-state index is 12.4. The number of alkyl halides is 3. The Morgan fingerprint density at radius 2 is 1.95 bits per heavy atom. The highest BCUT2D eigenvalue weighted by Crippen LogP contribution is 2.40. The van der Waals surface area contributed by atoms with Crippen LogP contribution in [0.4, 0.5) is 13.2 Å². The number of rotatable bonds is 5. The van der Waals surface area contributed by atoms with E-state index in [1.807, 2.05) is 0 Å². The first kappa shape index (κ1) is 17.4. The number of halogens is 4. The zero-order valence-corrected chi connectivity index (χ0v) is 13.9. The molecule has 0 spiro atoms. The number of benzene rings is 1. The standard InChI is InChI=1S/C14H13BrF3NO2S/c1-8-12(11(6-20)22-7-14(16,17)18)13(21-19-8)9-2-4-10(15)5-3-9/h2-5,11,20H,6-7H2,1H3. The summed E-state index contributed by atoms with van der Waals surface area (Å²) in [4.78, 5) is 0. The van der Waals surface area contributed by atoms with Crippen LogP contribution in [0.25, 0.3) is 11.3 Å². The summed E-state index contributed by atoms with van der Waals surface area (Å²) in [6.07, 6.45) is -4.29. The first-order chi connectivity index (χ1) is 10.3. The lowest BCUT2D eigenvalue weighted by atomic mass is 10.0. The van der Waals surface area contributed by atoms with Gasteiger partial charge in [-0.05, 0) is 19.1 Å². The topological polar surface area (TPSA) is 46.3 Å². The van der Waals surface area contributed by atoms with Crippen molar-refractivity contribution in [3.8, 4) is 11.3 Å². The van der Waals surface area contributed by atoms with Gasteiger partial charge in [-0.1, -0.05) is 33.2 Å². The van der Waals surface area contributed by atoms with Crippen molar-refractivity contribution >= 4 is 27.7 Å². The summed E-state index contributed by atoms with van der Waals surface area (Å²) in [7, 11) is 0. The number of nitrogens with zero attached hydrogens (tertiary/aromatic N) is 1. The summed E-state index contributed by atoms with van der Waals surface area (Å²) < 4.78 is 43.4. The predicted molar refractivity (Wildman–Crippen MR) is 82.7 cm³/mol. The summed E-state index contributed by atoms with van der Waals surface area (Å²) >= 11 is 3.94. The van der Waals surface area contributed by atoms with Crippen molar-refractivity contribution in [2.75, 3.05) is 12.4 Å². The molecule has 1 aromatic heterocycles. The molecule has 0 radical (unpaired) electrons. The van der Waals surface area contributed by atoms with Gasteiger partial charge >= 0.3 is 6.18 Å². The van der Waals surface area contributed by atoms with Crippen LogP contribution < -0.4 is 0 Å². The first-order valence-electron chi connectivity index (χ1n) is 6.33. The third-order valence-electron chi connectivity index (χ3n) is 2.95. The Labute approximate surface area is 138 Å². The molecule has 0 saturated carbocycles. The van der Waals surface area contributed by atoms with Gasteiger partial charge in [0.2, 0.25) is 0 Å². The molecule has 0 aliphatic carbocycles. The van der Waals surface area contributed by atoms with Crippen molar-refractivity contribution < 1.29 is 22.8 Å². The second-order valence-corrected chi connectivity index (χ2v) is 6.72. The van der Waals surface area contributed by atoms with Crippen LogP contribution in [0.1, 0.15) is 16.5 Å². The molecule has 0 saturated heterocycles. The molecule has 8 heteroatoms. The average molecular weight is 396 g/mol. The molecule has 1 N–H and O–H groups in total. The van der Waals surface area contributed by atoms with Gasteiger partial charge in [0.1, 0.15) is 0 Å². The van der Waals surface area contributed by atoms with Gasteiger partial charge in [0, 0.05) is 15.6 Å². The molecule has 2 aromatic rings. The summed E-state index contributed by atoms with van der Waals surface area (Å²) in [6.45, 7) is 1.23. The van der Waals surface area contributed by atoms with Crippen molar-refractivity contribution in [3.63, 3.8) is 0 Å². The average Bonchev–Trinajstić information content (AvgIpc) is 2.82. The van der Waals surface area contributed by atoms with Gasteiger partial charge in [-0.3, -0.25) is 0 Å². The van der Waals surface area contributed by atoms with Crippen LogP contribution in [-0.4, -0.2) is 28.8 Å². The lowest BCUT2D eigenvalue weighted by Crippen LogP contribution is -2.14. The number of hydrogen-bond donors (Lipinski definition) is 1. The lowest BCUT2D eigenvalue weighted by Gasteiger charge is -2.15. The lowest BCUT2D eigenvalue weighted by molar-refractivity contribution is -0.105. The molecule has 2 rings (SSSR count). The Balaban J connectivity index is 2.33. The van der Waals surface area contributed by atoms with Crippen LogP contribution in [0.2, 0.25) is 0 Å². The van der Waals surface area contributed by atoms with E-state index in [0.717, 1.165) is 4.47 Å². The van der Waals surface area contributed by atoms with Crippen LogP contribution in [0.3, 0.4) is 0 Å². The minimum Gasteiger partial charge on any atom is -0.395 e. The fourth-order valence-corrected chi connectivity index (χ4v) is 3.19. The largest absolute Gasteiger partial charge is 0.397 e. The first-order valence-corrected chi connectivity index (χ1v) is 8.17. The maximum absolute atomic E-state index is 12.4. The molecule has 1 atom stereocenters. The van der Waals surface area contributed by atoms with Gasteiger partial charge in [-0.2, -0.15) is 13.2 Å². The number of aliphatic hydroxyl groups excluding tert-OH is 1. The summed E-state index contributed by atoms with van der Waals surface area (Å²) in [5, 5.41) is 12.6. The monoisotopic (exact) mass is 395 g/mol. The highest BCUT2D eigenvalue weighted by molar-refractivity contribution is 9.10. The van der Waals surface area contributed by atoms with Crippen molar-refractivity contribution in [3.05, 3.63) is 40.0 Å². The van der Waals surface area contributed by atoms with Crippen molar-refractivity contribution in [1.82, 2.24) is 5.16 Å². The molecule has 1 heterocycles. The Morgan fingerprint density at radius 1 is 1.32 bits per heavy atom. The molecular weight excluding hydrogens is 383 g/mol. The minimum atomic E-state index is -4.29. The molecule has 0 aliphatic rings. The zero-order chi connectivity index (χ0) is 16.3. The Morgan fingerprint density at radius 3 is 2.50 bits per heavy atom. The number of hydrogen-bond acceptors (Lipinski definition) is 4. The molecule has 3 nitrogen and oxygen atoms in total. The Kier molecular flexibility index (Phi) is 5.57. The zero-order valence-electron chi connectivity index (χ0n) is 11.5. The molecule has 1 aromatic carbocycles. The van der Waals surface area contributed by atoms with Gasteiger partial charge in [-0.25, -0.2) is 0 Å². The summed E-state index contributed by atoms with van der Waals surface area (Å²) in [5.41, 5.74) is 1.68. The third kappa shape index (κ3) is 4.27. The van der Waals surface area contributed by atoms with Crippen LogP contribution in [0.5, 0.6) is 0 Å². The van der Waals surface area contributed by atoms with E-state index in [4.69, 9.17) is 4.52 Å². The molecule has 0 bridgehead atoms. The fraction of sp³-hybridized carbons (Fsp3) is 0.357. The van der Waals surface area contributed by atoms with Gasteiger partial charge in [0.25, 0.3) is 0 Å². The summed E-state index contributed by atoms with van der Waals surface area (Å²) in [6, 6.07) is 7.15. The van der Waals surface area contributed by atoms with Crippen molar-refractivity contribution in [2.24, 2.45) is 0 Å². The van der Waals surface area contributed by atoms with E-state index in [0.29, 0.717) is 34.3 Å². The Hall–Kier alpha value is -0.990. The van der Waals surface area contributed by atoms with Crippen LogP contribution in [0, 0.1) is 6.92 Å². The van der Waals surface area contributed by atoms with Crippen LogP contribution in [-0.2, 0) is 0 Å². The van der Waals surface area contributed by atoms with Crippen LogP contribution >= 0.6 is 27.7 Å². The molecule has 0 fully saturated rings. The molecule has 120 valence electrons. The number of thioether (sulfide) groups is 1. The molecule has 1 unspecified atom stereocenters. The number of aromatic nitrogens is 1. The van der Waals surface area contributed by atoms with E-state index < -0.39 is 23.8 Å². The van der Waals surface area contributed by atoms with E-state index in [1.54, 1.807) is 31.2 Å². The SMILES string of the molecule is Cc1noc(-c2ccc(Br)cc2)c1C(CO)SCC(F)(F)F. The van der Waals surface area contributed by atoms with Crippen LogP contribution in [0.15, 0.2) is 33.3 Å². The second kappa shape index (κ2) is 7.06. The van der Waals surface area contributed by atoms with Gasteiger partial charge in [0.05, 0.1) is 23.3 Å². The van der Waals surface area contributed by atoms with Crippen molar-refractivity contribution in [2.45, 2.75) is 18.3 Å². The quantitative estimate of drug-likeness (QED) is 0.793. The highest BCUT2D eigenvalue weighted by Gasteiger charge is 2.31. The number of aryl methyl sites for hydroxylation is 1. The van der Waals surface area contributed by atoms with E-state index in [2.05, 4.69) is 21.1 Å². The third-order valence-corrected chi connectivity index (χ3v) is 4.76. The normalized spacial score (nSPS) is 13.4. The molecular formula is C14H13BrF3NO2S. The van der Waals surface area contributed by atoms with Gasteiger partial charge in [0.15, 0.2) is 5.76 Å². The number of aliphatic hydroxyl groups is 1. The van der Waals surface area contributed by atoms with E-state index >= 15 is 0 Å². The smallest absolute Gasteiger partial charge is 0.395 e. The van der Waals surface area contributed by atoms with Gasteiger partial charge < -0.3 is 9.63 Å². The van der Waals surface area contributed by atoms with E-state index in [1.165, 1.54) is 0 Å². The molecule has 0 amide bonds. The van der Waals surface area contributed by atoms with E-state index in [-0.39, 0.29) is 0 Å². The maximum Gasteiger partial charge on any atom is 0.397 e. The fourth-order valence-electron chi connectivity index (χ4n) is 1.99. The predicted octanol–water partition coefficient (Wildman–Crippen LogP) is 4.74. The Bertz CT molecular complexity index is 628. The summed E-state index contributed by atoms with van der Waals surface area (Å²) in [5.74, 6) is -0.651. The molecule has 22 heavy (non-hydrogen) atoms. The van der Waals surface area contributed by atoms with E-state index in [9.17, 15) is 18.3 Å². The molecule has 0 aliphatic heterocycles. The minimum absolute atomic E-state index is 0.388.